The van der Waals surface area contributed by atoms with Crippen molar-refractivity contribution >= 4 is 5.91 Å². The number of halogens is 1. The molecule has 0 aliphatic rings. The molecule has 0 aliphatic carbocycles. The van der Waals surface area contributed by atoms with Crippen molar-refractivity contribution < 1.29 is 9.18 Å². The Morgan fingerprint density at radius 2 is 2.05 bits per heavy atom. The largest absolute Gasteiger partial charge is 0.350 e. The first-order valence-electron chi connectivity index (χ1n) is 6.68. The van der Waals surface area contributed by atoms with Crippen LogP contribution in [-0.4, -0.2) is 15.7 Å². The molecule has 0 aliphatic heterocycles. The van der Waals surface area contributed by atoms with E-state index in [9.17, 15) is 9.18 Å². The van der Waals surface area contributed by atoms with E-state index in [1.54, 1.807) is 23.0 Å². The Morgan fingerprint density at radius 3 is 2.70 bits per heavy atom. The summed E-state index contributed by atoms with van der Waals surface area (Å²) in [6.07, 6.45) is 2.60. The molecule has 2 rings (SSSR count). The molecule has 0 unspecified atom stereocenters. The molecule has 1 amide bonds. The molecule has 2 aromatic rings. The average molecular weight is 275 g/mol. The Hall–Kier alpha value is -2.17. The van der Waals surface area contributed by atoms with E-state index in [0.717, 1.165) is 17.8 Å². The minimum atomic E-state index is -0.276. The van der Waals surface area contributed by atoms with E-state index in [1.165, 1.54) is 12.1 Å². The molecule has 4 nitrogen and oxygen atoms in total. The molecular formula is C15H18FN3O. The van der Waals surface area contributed by atoms with Crippen molar-refractivity contribution in [3.63, 3.8) is 0 Å². The molecule has 0 fully saturated rings. The van der Waals surface area contributed by atoms with Gasteiger partial charge in [-0.15, -0.1) is 0 Å². The van der Waals surface area contributed by atoms with Crippen LogP contribution < -0.4 is 5.32 Å². The van der Waals surface area contributed by atoms with E-state index in [1.807, 2.05) is 19.9 Å². The Kier molecular flexibility index (Phi) is 4.50. The minimum absolute atomic E-state index is 0.00850. The molecule has 1 aromatic carbocycles. The quantitative estimate of drug-likeness (QED) is 0.912. The first kappa shape index (κ1) is 14.2. The fourth-order valence-corrected chi connectivity index (χ4v) is 1.73. The van der Waals surface area contributed by atoms with Gasteiger partial charge in [0, 0.05) is 12.1 Å². The molecule has 0 saturated carbocycles. The molecular weight excluding hydrogens is 257 g/mol. The van der Waals surface area contributed by atoms with Gasteiger partial charge in [0.2, 0.25) is 5.91 Å². The van der Waals surface area contributed by atoms with Crippen LogP contribution in [0.2, 0.25) is 0 Å². The van der Waals surface area contributed by atoms with E-state index >= 15 is 0 Å². The summed E-state index contributed by atoms with van der Waals surface area (Å²) in [6, 6.07) is 7.93. The lowest BCUT2D eigenvalue weighted by atomic mass is 10.1. The highest BCUT2D eigenvalue weighted by Gasteiger charge is 2.10. The summed E-state index contributed by atoms with van der Waals surface area (Å²) >= 11 is 0. The third-order valence-corrected chi connectivity index (χ3v) is 3.24. The number of aromatic nitrogens is 2. The third kappa shape index (κ3) is 3.44. The first-order valence-corrected chi connectivity index (χ1v) is 6.68. The molecule has 1 aromatic heterocycles. The standard InChI is InChI=1S/C15H18FN3O/c1-3-11(2)15(20)17-10-13-8-9-19(18-13)14-6-4-12(16)5-7-14/h4-9,11H,3,10H2,1-2H3,(H,17,20)/t11-/m0/s1. The van der Waals surface area contributed by atoms with Crippen LogP contribution >= 0.6 is 0 Å². The Labute approximate surface area is 117 Å². The van der Waals surface area contributed by atoms with Gasteiger partial charge in [-0.2, -0.15) is 5.10 Å². The van der Waals surface area contributed by atoms with Crippen LogP contribution in [0.4, 0.5) is 4.39 Å². The van der Waals surface area contributed by atoms with Crippen LogP contribution in [-0.2, 0) is 11.3 Å². The number of carbonyl (C=O) groups excluding carboxylic acids is 1. The van der Waals surface area contributed by atoms with E-state index in [-0.39, 0.29) is 17.6 Å². The zero-order valence-corrected chi connectivity index (χ0v) is 11.6. The summed E-state index contributed by atoms with van der Waals surface area (Å²) in [5.74, 6) is -0.236. The number of rotatable bonds is 5. The van der Waals surface area contributed by atoms with Gasteiger partial charge in [0.25, 0.3) is 0 Å². The van der Waals surface area contributed by atoms with Gasteiger partial charge in [0.05, 0.1) is 17.9 Å². The van der Waals surface area contributed by atoms with Gasteiger partial charge in [-0.3, -0.25) is 4.79 Å². The molecule has 1 N–H and O–H groups in total. The zero-order valence-electron chi connectivity index (χ0n) is 11.6. The van der Waals surface area contributed by atoms with Gasteiger partial charge in [0.1, 0.15) is 5.82 Å². The molecule has 0 bridgehead atoms. The smallest absolute Gasteiger partial charge is 0.223 e. The van der Waals surface area contributed by atoms with Crippen molar-refractivity contribution in [2.24, 2.45) is 5.92 Å². The molecule has 1 heterocycles. The lowest BCUT2D eigenvalue weighted by molar-refractivity contribution is -0.124. The number of benzene rings is 1. The summed E-state index contributed by atoms with van der Waals surface area (Å²) in [6.45, 7) is 4.28. The second-order valence-corrected chi connectivity index (χ2v) is 4.76. The van der Waals surface area contributed by atoms with Crippen LogP contribution in [0.3, 0.4) is 0 Å². The summed E-state index contributed by atoms with van der Waals surface area (Å²) in [5, 5.41) is 7.20. The van der Waals surface area contributed by atoms with Crippen LogP contribution in [0.5, 0.6) is 0 Å². The van der Waals surface area contributed by atoms with Crippen LogP contribution in [0.1, 0.15) is 26.0 Å². The SMILES string of the molecule is CC[C@H](C)C(=O)NCc1ccn(-c2ccc(F)cc2)n1. The number of nitrogens with zero attached hydrogens (tertiary/aromatic N) is 2. The number of amides is 1. The predicted octanol–water partition coefficient (Wildman–Crippen LogP) is 2.67. The predicted molar refractivity (Wildman–Crippen MR) is 74.8 cm³/mol. The minimum Gasteiger partial charge on any atom is -0.350 e. The number of hydrogen-bond donors (Lipinski definition) is 1. The summed E-state index contributed by atoms with van der Waals surface area (Å²) < 4.78 is 14.5. The second-order valence-electron chi connectivity index (χ2n) is 4.76. The van der Waals surface area contributed by atoms with Crippen LogP contribution in [0.15, 0.2) is 36.5 Å². The summed E-state index contributed by atoms with van der Waals surface area (Å²) in [5.41, 5.74) is 1.55. The molecule has 106 valence electrons. The van der Waals surface area contributed by atoms with Crippen molar-refractivity contribution in [2.75, 3.05) is 0 Å². The average Bonchev–Trinajstić information content (AvgIpc) is 2.93. The number of carbonyl (C=O) groups is 1. The van der Waals surface area contributed by atoms with Gasteiger partial charge in [-0.1, -0.05) is 13.8 Å². The maximum absolute atomic E-state index is 12.8. The van der Waals surface area contributed by atoms with Gasteiger partial charge in [0.15, 0.2) is 0 Å². The van der Waals surface area contributed by atoms with E-state index < -0.39 is 0 Å². The van der Waals surface area contributed by atoms with Gasteiger partial charge in [-0.05, 0) is 36.8 Å². The zero-order chi connectivity index (χ0) is 14.5. The maximum atomic E-state index is 12.8. The third-order valence-electron chi connectivity index (χ3n) is 3.24. The topological polar surface area (TPSA) is 46.9 Å². The summed E-state index contributed by atoms with van der Waals surface area (Å²) in [7, 11) is 0. The van der Waals surface area contributed by atoms with Crippen LogP contribution in [0.25, 0.3) is 5.69 Å². The fourth-order valence-electron chi connectivity index (χ4n) is 1.73. The summed E-state index contributed by atoms with van der Waals surface area (Å²) in [4.78, 5) is 11.7. The van der Waals surface area contributed by atoms with Gasteiger partial charge in [-0.25, -0.2) is 9.07 Å². The Morgan fingerprint density at radius 1 is 1.35 bits per heavy atom. The number of hydrogen-bond acceptors (Lipinski definition) is 2. The number of nitrogens with one attached hydrogen (secondary N) is 1. The fraction of sp³-hybridized carbons (Fsp3) is 0.333. The van der Waals surface area contributed by atoms with Gasteiger partial charge >= 0.3 is 0 Å². The molecule has 0 spiro atoms. The Bertz CT molecular complexity index is 577. The van der Waals surface area contributed by atoms with E-state index in [2.05, 4.69) is 10.4 Å². The molecule has 0 saturated heterocycles. The first-order chi connectivity index (χ1) is 9.60. The second kappa shape index (κ2) is 6.32. The Balaban J connectivity index is 1.99. The van der Waals surface area contributed by atoms with Crippen molar-refractivity contribution in [1.82, 2.24) is 15.1 Å². The lowest BCUT2D eigenvalue weighted by Crippen LogP contribution is -2.28. The highest BCUT2D eigenvalue weighted by molar-refractivity contribution is 5.78. The highest BCUT2D eigenvalue weighted by Crippen LogP contribution is 2.09. The molecule has 20 heavy (non-hydrogen) atoms. The van der Waals surface area contributed by atoms with Crippen molar-refractivity contribution in [1.29, 1.82) is 0 Å². The van der Waals surface area contributed by atoms with Crippen molar-refractivity contribution in [3.8, 4) is 5.69 Å². The highest BCUT2D eigenvalue weighted by atomic mass is 19.1. The molecule has 5 heteroatoms. The van der Waals surface area contributed by atoms with Gasteiger partial charge < -0.3 is 5.32 Å². The van der Waals surface area contributed by atoms with Crippen molar-refractivity contribution in [2.45, 2.75) is 26.8 Å². The lowest BCUT2D eigenvalue weighted by Gasteiger charge is -2.08. The molecule has 1 atom stereocenters. The maximum Gasteiger partial charge on any atom is 0.223 e. The van der Waals surface area contributed by atoms with Crippen LogP contribution in [0, 0.1) is 11.7 Å². The monoisotopic (exact) mass is 275 g/mol. The van der Waals surface area contributed by atoms with E-state index in [4.69, 9.17) is 0 Å². The normalized spacial score (nSPS) is 12.2. The van der Waals surface area contributed by atoms with Crippen molar-refractivity contribution in [3.05, 3.63) is 48.0 Å². The van der Waals surface area contributed by atoms with E-state index in [0.29, 0.717) is 6.54 Å². The molecule has 0 radical (unpaired) electrons.